The molecule has 0 radical (unpaired) electrons. The predicted octanol–water partition coefficient (Wildman–Crippen LogP) is 3.19. The molecule has 1 unspecified atom stereocenters. The van der Waals surface area contributed by atoms with E-state index in [2.05, 4.69) is 0 Å². The van der Waals surface area contributed by atoms with Gasteiger partial charge in [-0.1, -0.05) is 91.0 Å². The summed E-state index contributed by atoms with van der Waals surface area (Å²) in [6, 6.07) is 27.9. The molecule has 0 bridgehead atoms. The van der Waals surface area contributed by atoms with Crippen molar-refractivity contribution in [3.63, 3.8) is 0 Å². The fourth-order valence-electron chi connectivity index (χ4n) is 3.48. The first-order valence-corrected chi connectivity index (χ1v) is 9.78. The van der Waals surface area contributed by atoms with Crippen LogP contribution in [0.2, 0.25) is 0 Å². The van der Waals surface area contributed by atoms with Crippen LogP contribution in [0.1, 0.15) is 28.4 Å². The molecule has 1 heterocycles. The zero-order valence-corrected chi connectivity index (χ0v) is 16.4. The Kier molecular flexibility index (Phi) is 5.72. The predicted molar refractivity (Wildman–Crippen MR) is 117 cm³/mol. The van der Waals surface area contributed by atoms with Crippen molar-refractivity contribution in [1.82, 2.24) is 9.13 Å². The summed E-state index contributed by atoms with van der Waals surface area (Å²) in [5.74, 6) is 0. The van der Waals surface area contributed by atoms with Crippen molar-refractivity contribution in [2.45, 2.75) is 19.2 Å². The Morgan fingerprint density at radius 2 is 1.20 bits per heavy atom. The number of aliphatic hydroxyl groups is 1. The first kappa shape index (κ1) is 19.6. The van der Waals surface area contributed by atoms with Gasteiger partial charge >= 0.3 is 5.69 Å². The summed E-state index contributed by atoms with van der Waals surface area (Å²) in [4.78, 5) is 26.4. The Morgan fingerprint density at radius 1 is 0.700 bits per heavy atom. The third-order valence-electron chi connectivity index (χ3n) is 5.05. The van der Waals surface area contributed by atoms with E-state index < -0.39 is 17.4 Å². The number of rotatable bonds is 6. The Morgan fingerprint density at radius 3 is 1.77 bits per heavy atom. The maximum Gasteiger partial charge on any atom is 0.331 e. The molecule has 0 aliphatic carbocycles. The number of aliphatic hydroxyl groups excluding tert-OH is 1. The molecular formula is C25H22N2O3. The summed E-state index contributed by atoms with van der Waals surface area (Å²) in [6.45, 7) is 0.450. The van der Waals surface area contributed by atoms with E-state index in [4.69, 9.17) is 0 Å². The van der Waals surface area contributed by atoms with Crippen molar-refractivity contribution in [2.75, 3.05) is 0 Å². The van der Waals surface area contributed by atoms with Crippen molar-refractivity contribution in [3.8, 4) is 0 Å². The second-order valence-corrected chi connectivity index (χ2v) is 7.17. The van der Waals surface area contributed by atoms with Crippen LogP contribution in [0.25, 0.3) is 0 Å². The van der Waals surface area contributed by atoms with Crippen LogP contribution in [0.4, 0.5) is 0 Å². The summed E-state index contributed by atoms with van der Waals surface area (Å²) >= 11 is 0. The number of hydrogen-bond donors (Lipinski definition) is 1. The quantitative estimate of drug-likeness (QED) is 0.543. The Labute approximate surface area is 174 Å². The highest BCUT2D eigenvalue weighted by molar-refractivity contribution is 5.28. The standard InChI is InChI=1S/C25H22N2O3/c28-23(21-14-8-3-9-15-21)22-18-26(16-19-10-4-1-5-11-19)25(30)27(24(22)29)17-20-12-6-2-7-13-20/h1-15,18,23,28H,16-17H2. The van der Waals surface area contributed by atoms with E-state index in [9.17, 15) is 14.7 Å². The van der Waals surface area contributed by atoms with Gasteiger partial charge in [0.25, 0.3) is 5.56 Å². The van der Waals surface area contributed by atoms with Crippen LogP contribution in [0, 0.1) is 0 Å². The largest absolute Gasteiger partial charge is 0.383 e. The zero-order valence-electron chi connectivity index (χ0n) is 16.4. The van der Waals surface area contributed by atoms with Crippen molar-refractivity contribution < 1.29 is 5.11 Å². The highest BCUT2D eigenvalue weighted by Crippen LogP contribution is 2.18. The molecule has 4 rings (SSSR count). The molecule has 4 aromatic rings. The van der Waals surface area contributed by atoms with Gasteiger partial charge in [-0.05, 0) is 16.7 Å². The monoisotopic (exact) mass is 398 g/mol. The summed E-state index contributed by atoms with van der Waals surface area (Å²) in [7, 11) is 0. The van der Waals surface area contributed by atoms with Crippen molar-refractivity contribution in [1.29, 1.82) is 0 Å². The molecule has 0 aliphatic rings. The van der Waals surface area contributed by atoms with Gasteiger partial charge < -0.3 is 5.11 Å². The maximum absolute atomic E-state index is 13.2. The van der Waals surface area contributed by atoms with Crippen LogP contribution in [0.3, 0.4) is 0 Å². The minimum Gasteiger partial charge on any atom is -0.383 e. The van der Waals surface area contributed by atoms with Crippen LogP contribution in [-0.2, 0) is 13.1 Å². The molecule has 3 aromatic carbocycles. The number of hydrogen-bond acceptors (Lipinski definition) is 3. The van der Waals surface area contributed by atoms with Gasteiger partial charge in [-0.3, -0.25) is 13.9 Å². The van der Waals surface area contributed by atoms with E-state index in [0.29, 0.717) is 12.1 Å². The lowest BCUT2D eigenvalue weighted by atomic mass is 10.0. The summed E-state index contributed by atoms with van der Waals surface area (Å²) < 4.78 is 2.68. The molecule has 1 N–H and O–H groups in total. The fourth-order valence-corrected chi connectivity index (χ4v) is 3.48. The molecule has 0 saturated carbocycles. The van der Waals surface area contributed by atoms with E-state index in [1.54, 1.807) is 24.3 Å². The average molecular weight is 398 g/mol. The minimum atomic E-state index is -1.12. The number of benzene rings is 3. The molecule has 0 aliphatic heterocycles. The van der Waals surface area contributed by atoms with Gasteiger partial charge in [0.2, 0.25) is 0 Å². The highest BCUT2D eigenvalue weighted by Gasteiger charge is 2.19. The lowest BCUT2D eigenvalue weighted by Crippen LogP contribution is -2.42. The molecule has 0 spiro atoms. The van der Waals surface area contributed by atoms with Gasteiger partial charge in [0, 0.05) is 6.20 Å². The van der Waals surface area contributed by atoms with E-state index in [0.717, 1.165) is 11.1 Å². The molecule has 5 nitrogen and oxygen atoms in total. The summed E-state index contributed by atoms with van der Waals surface area (Å²) in [5.41, 5.74) is 1.67. The molecule has 0 amide bonds. The van der Waals surface area contributed by atoms with Gasteiger partial charge in [-0.15, -0.1) is 0 Å². The van der Waals surface area contributed by atoms with E-state index in [1.165, 1.54) is 15.3 Å². The van der Waals surface area contributed by atoms with Gasteiger partial charge in [0.05, 0.1) is 18.7 Å². The van der Waals surface area contributed by atoms with Gasteiger partial charge in [-0.2, -0.15) is 0 Å². The van der Waals surface area contributed by atoms with Crippen LogP contribution in [0.15, 0.2) is 107 Å². The van der Waals surface area contributed by atoms with Gasteiger partial charge in [-0.25, -0.2) is 4.79 Å². The fraction of sp³-hybridized carbons (Fsp3) is 0.120. The molecule has 1 atom stereocenters. The third-order valence-corrected chi connectivity index (χ3v) is 5.05. The molecule has 30 heavy (non-hydrogen) atoms. The first-order valence-electron chi connectivity index (χ1n) is 9.78. The van der Waals surface area contributed by atoms with Crippen LogP contribution < -0.4 is 11.2 Å². The highest BCUT2D eigenvalue weighted by atomic mass is 16.3. The average Bonchev–Trinajstić information content (AvgIpc) is 2.80. The molecule has 0 fully saturated rings. The van der Waals surface area contributed by atoms with Crippen molar-refractivity contribution >= 4 is 0 Å². The molecular weight excluding hydrogens is 376 g/mol. The molecule has 5 heteroatoms. The SMILES string of the molecule is O=c1c(C(O)c2ccccc2)cn(Cc2ccccc2)c(=O)n1Cc1ccccc1. The molecule has 0 saturated heterocycles. The lowest BCUT2D eigenvalue weighted by molar-refractivity contribution is 0.216. The first-order chi connectivity index (χ1) is 14.6. The Balaban J connectivity index is 1.84. The van der Waals surface area contributed by atoms with Crippen molar-refractivity contribution in [3.05, 3.63) is 140 Å². The van der Waals surface area contributed by atoms with E-state index in [1.807, 2.05) is 66.7 Å². The zero-order chi connectivity index (χ0) is 20.9. The van der Waals surface area contributed by atoms with Crippen LogP contribution >= 0.6 is 0 Å². The normalized spacial score (nSPS) is 11.9. The Hall–Kier alpha value is -3.70. The number of aromatic nitrogens is 2. The van der Waals surface area contributed by atoms with Crippen molar-refractivity contribution in [2.24, 2.45) is 0 Å². The minimum absolute atomic E-state index is 0.142. The second kappa shape index (κ2) is 8.76. The summed E-state index contributed by atoms with van der Waals surface area (Å²) in [5, 5.41) is 10.9. The Bertz CT molecular complexity index is 1230. The van der Waals surface area contributed by atoms with Crippen LogP contribution in [-0.4, -0.2) is 14.2 Å². The summed E-state index contributed by atoms with van der Waals surface area (Å²) in [6.07, 6.45) is 0.361. The number of nitrogens with zero attached hydrogens (tertiary/aromatic N) is 2. The van der Waals surface area contributed by atoms with E-state index in [-0.39, 0.29) is 12.1 Å². The molecule has 1 aromatic heterocycles. The molecule has 150 valence electrons. The van der Waals surface area contributed by atoms with E-state index >= 15 is 0 Å². The maximum atomic E-state index is 13.2. The smallest absolute Gasteiger partial charge is 0.331 e. The second-order valence-electron chi connectivity index (χ2n) is 7.17. The van der Waals surface area contributed by atoms with Crippen LogP contribution in [0.5, 0.6) is 0 Å². The topological polar surface area (TPSA) is 64.2 Å². The van der Waals surface area contributed by atoms with Gasteiger partial charge in [0.15, 0.2) is 0 Å². The van der Waals surface area contributed by atoms with Gasteiger partial charge in [0.1, 0.15) is 6.10 Å². The third kappa shape index (κ3) is 4.16. The lowest BCUT2D eigenvalue weighted by Gasteiger charge is -2.17.